The predicted molar refractivity (Wildman–Crippen MR) is 91.7 cm³/mol. The van der Waals surface area contributed by atoms with Gasteiger partial charge in [-0.15, -0.1) is 0 Å². The quantitative estimate of drug-likeness (QED) is 0.836. The number of fused-ring (bicyclic) bond motifs is 5. The molecule has 3 aliphatic rings. The molecule has 2 aromatic carbocycles. The van der Waals surface area contributed by atoms with Crippen LogP contribution >= 0.6 is 0 Å². The van der Waals surface area contributed by atoms with Crippen molar-refractivity contribution in [3.63, 3.8) is 0 Å². The van der Waals surface area contributed by atoms with E-state index in [4.69, 9.17) is 4.74 Å². The lowest BCUT2D eigenvalue weighted by atomic mass is 9.74. The van der Waals surface area contributed by atoms with Crippen LogP contribution in [0.15, 0.2) is 60.7 Å². The van der Waals surface area contributed by atoms with Gasteiger partial charge in [0.25, 0.3) is 5.91 Å². The molecule has 0 radical (unpaired) electrons. The summed E-state index contributed by atoms with van der Waals surface area (Å²) >= 11 is 0. The van der Waals surface area contributed by atoms with Gasteiger partial charge in [0.2, 0.25) is 11.8 Å². The molecule has 2 aromatic rings. The van der Waals surface area contributed by atoms with E-state index in [1.54, 1.807) is 43.3 Å². The van der Waals surface area contributed by atoms with Gasteiger partial charge in [-0.25, -0.2) is 4.90 Å². The molecule has 3 aliphatic heterocycles. The van der Waals surface area contributed by atoms with Crippen molar-refractivity contribution in [2.45, 2.75) is 18.2 Å². The van der Waals surface area contributed by atoms with Crippen LogP contribution in [0.4, 0.5) is 5.69 Å². The number of carbonyl (C=O) groups is 3. The zero-order chi connectivity index (χ0) is 18.1. The molecule has 4 atom stereocenters. The second-order valence-corrected chi connectivity index (χ2v) is 7.07. The number of nitrogens with one attached hydrogen (secondary N) is 1. The van der Waals surface area contributed by atoms with Crippen LogP contribution < -0.4 is 10.2 Å². The summed E-state index contributed by atoms with van der Waals surface area (Å²) in [5, 5.41) is 2.86. The number of imide groups is 1. The molecule has 130 valence electrons. The molecule has 6 heteroatoms. The average Bonchev–Trinajstić information content (AvgIpc) is 3.20. The minimum atomic E-state index is -1.36. The molecular weight excluding hydrogens is 332 g/mol. The highest BCUT2D eigenvalue weighted by molar-refractivity contribution is 6.25. The minimum Gasteiger partial charge on any atom is -0.334 e. The maximum absolute atomic E-state index is 13.3. The number of ether oxygens (including phenoxy) is 1. The lowest BCUT2D eigenvalue weighted by molar-refractivity contribution is -0.140. The summed E-state index contributed by atoms with van der Waals surface area (Å²) in [4.78, 5) is 40.3. The Bertz CT molecular complexity index is 945. The zero-order valence-corrected chi connectivity index (χ0v) is 14.0. The number of hydrogen-bond donors (Lipinski definition) is 1. The smallest absolute Gasteiger partial charge is 0.255 e. The molecule has 0 aliphatic carbocycles. The van der Waals surface area contributed by atoms with Crippen molar-refractivity contribution in [2.75, 3.05) is 4.90 Å². The van der Waals surface area contributed by atoms with Crippen molar-refractivity contribution in [2.24, 2.45) is 11.8 Å². The number of benzene rings is 2. The van der Waals surface area contributed by atoms with Crippen molar-refractivity contribution in [1.82, 2.24) is 5.32 Å². The number of hydrogen-bond acceptors (Lipinski definition) is 4. The molecule has 3 amide bonds. The fourth-order valence-corrected chi connectivity index (χ4v) is 4.51. The fraction of sp³-hybridized carbons (Fsp3) is 0.250. The summed E-state index contributed by atoms with van der Waals surface area (Å²) in [6.07, 6.45) is 0. The lowest BCUT2D eigenvalue weighted by Gasteiger charge is -2.32. The highest BCUT2D eigenvalue weighted by Crippen LogP contribution is 2.59. The first-order chi connectivity index (χ1) is 12.5. The van der Waals surface area contributed by atoms with E-state index in [1.165, 1.54) is 4.90 Å². The average molecular weight is 348 g/mol. The third kappa shape index (κ3) is 1.62. The van der Waals surface area contributed by atoms with Gasteiger partial charge in [0.15, 0.2) is 11.3 Å². The molecule has 26 heavy (non-hydrogen) atoms. The van der Waals surface area contributed by atoms with Crippen LogP contribution in [-0.2, 0) is 24.8 Å². The summed E-state index contributed by atoms with van der Waals surface area (Å²) < 4.78 is 6.11. The highest BCUT2D eigenvalue weighted by Gasteiger charge is 2.78. The van der Waals surface area contributed by atoms with Crippen LogP contribution in [0.1, 0.15) is 12.5 Å². The first kappa shape index (κ1) is 15.3. The Hall–Kier alpha value is -2.99. The van der Waals surface area contributed by atoms with Crippen LogP contribution in [0.2, 0.25) is 0 Å². The van der Waals surface area contributed by atoms with Crippen LogP contribution in [0.5, 0.6) is 0 Å². The molecule has 0 saturated carbocycles. The Kier molecular flexibility index (Phi) is 2.82. The van der Waals surface area contributed by atoms with Crippen molar-refractivity contribution < 1.29 is 19.1 Å². The monoisotopic (exact) mass is 348 g/mol. The molecule has 1 N–H and O–H groups in total. The van der Waals surface area contributed by atoms with Crippen LogP contribution in [-0.4, -0.2) is 23.3 Å². The zero-order valence-electron chi connectivity index (χ0n) is 14.0. The molecule has 5 rings (SSSR count). The van der Waals surface area contributed by atoms with Gasteiger partial charge in [0.1, 0.15) is 5.92 Å². The van der Waals surface area contributed by atoms with E-state index in [0.29, 0.717) is 11.3 Å². The third-order valence-electron chi connectivity index (χ3n) is 5.68. The second-order valence-electron chi connectivity index (χ2n) is 7.07. The van der Waals surface area contributed by atoms with Crippen molar-refractivity contribution in [3.05, 3.63) is 66.2 Å². The molecule has 0 aromatic heterocycles. The van der Waals surface area contributed by atoms with Crippen molar-refractivity contribution >= 4 is 23.4 Å². The van der Waals surface area contributed by atoms with Gasteiger partial charge >= 0.3 is 0 Å². The highest BCUT2D eigenvalue weighted by atomic mass is 16.6. The maximum Gasteiger partial charge on any atom is 0.255 e. The number of nitrogens with zero attached hydrogens (tertiary/aromatic N) is 1. The summed E-state index contributed by atoms with van der Waals surface area (Å²) in [5.74, 6) is -2.73. The van der Waals surface area contributed by atoms with E-state index in [-0.39, 0.29) is 17.7 Å². The van der Waals surface area contributed by atoms with Gasteiger partial charge in [-0.3, -0.25) is 14.4 Å². The van der Waals surface area contributed by atoms with Gasteiger partial charge in [0.05, 0.1) is 11.6 Å². The first-order valence-electron chi connectivity index (χ1n) is 8.50. The van der Waals surface area contributed by atoms with Crippen molar-refractivity contribution in [1.29, 1.82) is 0 Å². The van der Waals surface area contributed by atoms with E-state index < -0.39 is 23.2 Å². The van der Waals surface area contributed by atoms with Crippen LogP contribution in [0, 0.1) is 11.8 Å². The fourth-order valence-electron chi connectivity index (χ4n) is 4.51. The van der Waals surface area contributed by atoms with Gasteiger partial charge in [0, 0.05) is 5.56 Å². The SMILES string of the molecule is C[C@]12O[C@](c3ccccc3)(NC1=O)[C@@H]1C(=O)N(c3ccccc3)C(=O)[C@@H]12. The van der Waals surface area contributed by atoms with E-state index in [1.807, 2.05) is 24.3 Å². The van der Waals surface area contributed by atoms with E-state index in [9.17, 15) is 14.4 Å². The summed E-state index contributed by atoms with van der Waals surface area (Å²) in [5.41, 5.74) is -1.50. The number of para-hydroxylation sites is 1. The van der Waals surface area contributed by atoms with Crippen LogP contribution in [0.3, 0.4) is 0 Å². The van der Waals surface area contributed by atoms with Gasteiger partial charge in [-0.2, -0.15) is 0 Å². The maximum atomic E-state index is 13.3. The van der Waals surface area contributed by atoms with Crippen molar-refractivity contribution in [3.8, 4) is 0 Å². The Morgan fingerprint density at radius 3 is 2.12 bits per heavy atom. The van der Waals surface area contributed by atoms with E-state index >= 15 is 0 Å². The third-order valence-corrected chi connectivity index (χ3v) is 5.68. The molecule has 3 fully saturated rings. The lowest BCUT2D eigenvalue weighted by Crippen LogP contribution is -2.55. The standard InChI is InChI=1S/C20H16N2O4/c1-19-14-15(17(24)22(16(14)23)13-10-6-3-7-11-13)20(26-19,21-18(19)25)12-8-4-2-5-9-12/h2-11,14-15H,1H3,(H,21,25)/t14-,15+,19-,20+/m1/s1. The number of anilines is 1. The summed E-state index contributed by atoms with van der Waals surface area (Å²) in [6, 6.07) is 17.9. The summed E-state index contributed by atoms with van der Waals surface area (Å²) in [6.45, 7) is 1.59. The van der Waals surface area contributed by atoms with Gasteiger partial charge in [-0.05, 0) is 19.1 Å². The largest absolute Gasteiger partial charge is 0.334 e. The summed E-state index contributed by atoms with van der Waals surface area (Å²) in [7, 11) is 0. The van der Waals surface area contributed by atoms with E-state index in [2.05, 4.69) is 5.32 Å². The molecule has 3 saturated heterocycles. The molecule has 0 spiro atoms. The molecular formula is C20H16N2O4. The van der Waals surface area contributed by atoms with Crippen LogP contribution in [0.25, 0.3) is 0 Å². The molecule has 3 heterocycles. The number of piperidine rings is 1. The Morgan fingerprint density at radius 1 is 0.885 bits per heavy atom. The minimum absolute atomic E-state index is 0.348. The topological polar surface area (TPSA) is 75.7 Å². The predicted octanol–water partition coefficient (Wildman–Crippen LogP) is 1.56. The van der Waals surface area contributed by atoms with E-state index in [0.717, 1.165) is 0 Å². The first-order valence-corrected chi connectivity index (χ1v) is 8.50. The molecule has 0 unspecified atom stereocenters. The number of carbonyl (C=O) groups excluding carboxylic acids is 3. The Balaban J connectivity index is 1.69. The normalized spacial score (nSPS) is 35.0. The van der Waals surface area contributed by atoms with Gasteiger partial charge < -0.3 is 10.1 Å². The second kappa shape index (κ2) is 4.80. The molecule has 6 nitrogen and oxygen atoms in total. The Labute approximate surface area is 149 Å². The number of rotatable bonds is 2. The number of amides is 3. The Morgan fingerprint density at radius 2 is 1.46 bits per heavy atom. The van der Waals surface area contributed by atoms with Gasteiger partial charge in [-0.1, -0.05) is 48.5 Å². The molecule has 2 bridgehead atoms.